The smallest absolute Gasteiger partial charge is 0.0916 e. The van der Waals surface area contributed by atoms with Crippen molar-refractivity contribution in [2.24, 2.45) is 0 Å². The van der Waals surface area contributed by atoms with E-state index >= 15 is 0 Å². The van der Waals surface area contributed by atoms with Gasteiger partial charge in [0, 0.05) is 20.3 Å². The fraction of sp³-hybridized carbons (Fsp3) is 0.800. The summed E-state index contributed by atoms with van der Waals surface area (Å²) in [6.07, 6.45) is 3.32. The molecule has 0 unspecified atom stereocenters. The highest BCUT2D eigenvalue weighted by molar-refractivity contribution is 4.98. The third kappa shape index (κ3) is 2.71. The van der Waals surface area contributed by atoms with Crippen molar-refractivity contribution < 1.29 is 4.74 Å². The maximum Gasteiger partial charge on any atom is 0.0916 e. The van der Waals surface area contributed by atoms with Gasteiger partial charge in [0.1, 0.15) is 0 Å². The quantitative estimate of drug-likeness (QED) is 0.615. The van der Waals surface area contributed by atoms with Gasteiger partial charge in [0.15, 0.2) is 0 Å². The van der Waals surface area contributed by atoms with Crippen LogP contribution in [0, 0.1) is 0 Å². The van der Waals surface area contributed by atoms with Crippen molar-refractivity contribution in [3.8, 4) is 0 Å². The zero-order chi connectivity index (χ0) is 9.84. The van der Waals surface area contributed by atoms with Gasteiger partial charge in [-0.15, -0.1) is 0 Å². The molecule has 0 aromatic rings. The highest BCUT2D eigenvalue weighted by Gasteiger charge is 2.25. The van der Waals surface area contributed by atoms with Crippen LogP contribution in [0.25, 0.3) is 0 Å². The zero-order valence-electron chi connectivity index (χ0n) is 9.08. The van der Waals surface area contributed by atoms with E-state index in [4.69, 9.17) is 4.74 Å². The molecule has 76 valence electrons. The molecule has 1 saturated heterocycles. The van der Waals surface area contributed by atoms with Crippen molar-refractivity contribution >= 4 is 0 Å². The summed E-state index contributed by atoms with van der Waals surface area (Å²) in [5.41, 5.74) is 1.40. The van der Waals surface area contributed by atoms with Crippen molar-refractivity contribution in [1.29, 1.82) is 0 Å². The standard InChI is InChI=1S/C10H20N2O/c1-5-9(2)6-12(11(3)4)10-7-13-8-10/h6,10H,5,7-8H2,1-4H3/b9-6+. The van der Waals surface area contributed by atoms with Gasteiger partial charge in [-0.2, -0.15) is 0 Å². The van der Waals surface area contributed by atoms with Crippen molar-refractivity contribution in [3.05, 3.63) is 11.8 Å². The molecule has 0 N–H and O–H groups in total. The Labute approximate surface area is 80.9 Å². The molecule has 1 fully saturated rings. The molecular weight excluding hydrogens is 164 g/mol. The van der Waals surface area contributed by atoms with Crippen LogP contribution >= 0.6 is 0 Å². The zero-order valence-corrected chi connectivity index (χ0v) is 9.08. The lowest BCUT2D eigenvalue weighted by molar-refractivity contribution is -0.110. The van der Waals surface area contributed by atoms with E-state index in [1.165, 1.54) is 5.57 Å². The first-order valence-electron chi connectivity index (χ1n) is 4.85. The molecule has 1 rings (SSSR count). The van der Waals surface area contributed by atoms with Gasteiger partial charge in [0.2, 0.25) is 0 Å². The average molecular weight is 184 g/mol. The van der Waals surface area contributed by atoms with Gasteiger partial charge in [-0.1, -0.05) is 12.5 Å². The molecule has 0 spiro atoms. The largest absolute Gasteiger partial charge is 0.377 e. The second-order valence-corrected chi connectivity index (χ2v) is 3.75. The molecule has 1 heterocycles. The van der Waals surface area contributed by atoms with Gasteiger partial charge < -0.3 is 9.75 Å². The predicted molar refractivity (Wildman–Crippen MR) is 54.2 cm³/mol. The Morgan fingerprint density at radius 1 is 1.46 bits per heavy atom. The van der Waals surface area contributed by atoms with Gasteiger partial charge in [-0.05, 0) is 13.3 Å². The third-order valence-electron chi connectivity index (χ3n) is 2.37. The van der Waals surface area contributed by atoms with Gasteiger partial charge in [0.05, 0.1) is 19.3 Å². The second-order valence-electron chi connectivity index (χ2n) is 3.75. The number of ether oxygens (including phenoxy) is 1. The first-order valence-corrected chi connectivity index (χ1v) is 4.85. The lowest BCUT2D eigenvalue weighted by Gasteiger charge is -2.40. The fourth-order valence-corrected chi connectivity index (χ4v) is 1.24. The molecule has 3 nitrogen and oxygen atoms in total. The first kappa shape index (κ1) is 10.5. The Morgan fingerprint density at radius 2 is 2.08 bits per heavy atom. The van der Waals surface area contributed by atoms with E-state index in [9.17, 15) is 0 Å². The van der Waals surface area contributed by atoms with Crippen LogP contribution in [0.1, 0.15) is 20.3 Å². The predicted octanol–water partition coefficient (Wildman–Crippen LogP) is 1.48. The molecule has 0 atom stereocenters. The van der Waals surface area contributed by atoms with Gasteiger partial charge in [0.25, 0.3) is 0 Å². The van der Waals surface area contributed by atoms with Crippen LogP contribution in [-0.2, 0) is 4.74 Å². The number of rotatable bonds is 4. The minimum absolute atomic E-state index is 0.538. The van der Waals surface area contributed by atoms with Crippen LogP contribution in [0.4, 0.5) is 0 Å². The van der Waals surface area contributed by atoms with Crippen molar-refractivity contribution in [2.45, 2.75) is 26.3 Å². The summed E-state index contributed by atoms with van der Waals surface area (Å²) in [5.74, 6) is 0. The van der Waals surface area contributed by atoms with E-state index in [0.29, 0.717) is 6.04 Å². The molecule has 0 aliphatic carbocycles. The molecule has 3 heteroatoms. The van der Waals surface area contributed by atoms with Crippen LogP contribution < -0.4 is 0 Å². The highest BCUT2D eigenvalue weighted by atomic mass is 16.5. The van der Waals surface area contributed by atoms with E-state index in [1.807, 2.05) is 0 Å². The van der Waals surface area contributed by atoms with Crippen molar-refractivity contribution in [2.75, 3.05) is 27.3 Å². The van der Waals surface area contributed by atoms with Crippen LogP contribution in [0.3, 0.4) is 0 Å². The van der Waals surface area contributed by atoms with E-state index in [2.05, 4.69) is 44.2 Å². The number of hydrazine groups is 1. The number of nitrogens with zero attached hydrogens (tertiary/aromatic N) is 2. The number of allylic oxidation sites excluding steroid dienone is 1. The Kier molecular flexibility index (Phi) is 3.75. The highest BCUT2D eigenvalue weighted by Crippen LogP contribution is 2.14. The minimum atomic E-state index is 0.538. The summed E-state index contributed by atoms with van der Waals surface area (Å²) in [5, 5.41) is 4.37. The SMILES string of the molecule is CC/C(C)=C/N(C1COC1)N(C)C. The summed E-state index contributed by atoms with van der Waals surface area (Å²) >= 11 is 0. The lowest BCUT2D eigenvalue weighted by atomic mass is 10.2. The maximum atomic E-state index is 5.18. The van der Waals surface area contributed by atoms with Gasteiger partial charge >= 0.3 is 0 Å². The molecular formula is C10H20N2O. The molecule has 0 radical (unpaired) electrons. The van der Waals surface area contributed by atoms with E-state index < -0.39 is 0 Å². The Bertz CT molecular complexity index is 185. The first-order chi connectivity index (χ1) is 6.15. The summed E-state index contributed by atoms with van der Waals surface area (Å²) in [6, 6.07) is 0.538. The number of hydrogen-bond donors (Lipinski definition) is 0. The third-order valence-corrected chi connectivity index (χ3v) is 2.37. The Balaban J connectivity index is 2.56. The van der Waals surface area contributed by atoms with E-state index in [1.54, 1.807) is 0 Å². The summed E-state index contributed by atoms with van der Waals surface area (Å²) in [4.78, 5) is 0. The summed E-state index contributed by atoms with van der Waals surface area (Å²) in [6.45, 7) is 6.05. The van der Waals surface area contributed by atoms with Crippen molar-refractivity contribution in [1.82, 2.24) is 10.0 Å². The topological polar surface area (TPSA) is 15.7 Å². The van der Waals surface area contributed by atoms with Crippen LogP contribution in [0.5, 0.6) is 0 Å². The Morgan fingerprint density at radius 3 is 2.38 bits per heavy atom. The molecule has 0 saturated carbocycles. The van der Waals surface area contributed by atoms with Crippen molar-refractivity contribution in [3.63, 3.8) is 0 Å². The van der Waals surface area contributed by atoms with E-state index in [0.717, 1.165) is 19.6 Å². The molecule has 0 aromatic carbocycles. The van der Waals surface area contributed by atoms with Crippen LogP contribution in [0.15, 0.2) is 11.8 Å². The fourth-order valence-electron chi connectivity index (χ4n) is 1.24. The van der Waals surface area contributed by atoms with Crippen LogP contribution in [-0.4, -0.2) is 43.4 Å². The summed E-state index contributed by atoms with van der Waals surface area (Å²) in [7, 11) is 4.13. The molecule has 0 bridgehead atoms. The van der Waals surface area contributed by atoms with Gasteiger partial charge in [-0.3, -0.25) is 0 Å². The molecule has 13 heavy (non-hydrogen) atoms. The van der Waals surface area contributed by atoms with E-state index in [-0.39, 0.29) is 0 Å². The monoisotopic (exact) mass is 184 g/mol. The average Bonchev–Trinajstić information content (AvgIpc) is 1.99. The molecule has 0 amide bonds. The number of hydrogen-bond acceptors (Lipinski definition) is 3. The normalized spacial score (nSPS) is 19.0. The maximum absolute atomic E-state index is 5.18. The lowest BCUT2D eigenvalue weighted by Crippen LogP contribution is -2.51. The van der Waals surface area contributed by atoms with Gasteiger partial charge in [-0.25, -0.2) is 5.01 Å². The minimum Gasteiger partial charge on any atom is -0.377 e. The Hall–Kier alpha value is -0.540. The second kappa shape index (κ2) is 4.63. The molecule has 1 aliphatic rings. The molecule has 1 aliphatic heterocycles. The summed E-state index contributed by atoms with van der Waals surface area (Å²) < 4.78 is 5.18. The molecule has 0 aromatic heterocycles. The van der Waals surface area contributed by atoms with Crippen LogP contribution in [0.2, 0.25) is 0 Å².